The van der Waals surface area contributed by atoms with E-state index in [-0.39, 0.29) is 5.91 Å². The maximum absolute atomic E-state index is 12.9. The van der Waals surface area contributed by atoms with Gasteiger partial charge in [-0.3, -0.25) is 4.79 Å². The monoisotopic (exact) mass is 415 g/mol. The van der Waals surface area contributed by atoms with Crippen LogP contribution in [0.2, 0.25) is 5.02 Å². The SMILES string of the molecule is C=CCOc1cccc(NC(=O)C[N+](CCC)(CCC)Cc2ccc(Cl)cc2)c1. The highest BCUT2D eigenvalue weighted by Crippen LogP contribution is 2.21. The molecule has 0 unspecified atom stereocenters. The third-order valence-corrected chi connectivity index (χ3v) is 5.04. The molecule has 0 saturated carbocycles. The number of quaternary nitrogens is 1. The number of amides is 1. The molecule has 0 aromatic heterocycles. The maximum Gasteiger partial charge on any atom is 0.279 e. The Morgan fingerprint density at radius 1 is 1.14 bits per heavy atom. The summed E-state index contributed by atoms with van der Waals surface area (Å²) in [5.41, 5.74) is 1.94. The normalized spacial score (nSPS) is 11.1. The number of carbonyl (C=O) groups excluding carboxylic acids is 1. The quantitative estimate of drug-likeness (QED) is 0.357. The molecule has 156 valence electrons. The standard InChI is InChI=1S/C24H31ClN2O2/c1-4-14-27(15-5-2,18-20-10-12-21(25)13-11-20)19-24(28)26-22-8-7-9-23(17-22)29-16-6-3/h6-13,17H,3-5,14-16,18-19H2,1-2H3/p+1. The maximum atomic E-state index is 12.9. The molecule has 0 aliphatic rings. The minimum Gasteiger partial charge on any atom is -0.489 e. The summed E-state index contributed by atoms with van der Waals surface area (Å²) in [6, 6.07) is 15.4. The summed E-state index contributed by atoms with van der Waals surface area (Å²) in [7, 11) is 0. The van der Waals surface area contributed by atoms with Gasteiger partial charge >= 0.3 is 0 Å². The number of anilines is 1. The summed E-state index contributed by atoms with van der Waals surface area (Å²) >= 11 is 6.04. The average Bonchev–Trinajstić information content (AvgIpc) is 2.69. The van der Waals surface area contributed by atoms with Gasteiger partial charge in [-0.25, -0.2) is 0 Å². The van der Waals surface area contributed by atoms with Gasteiger partial charge < -0.3 is 14.5 Å². The molecule has 4 nitrogen and oxygen atoms in total. The number of nitrogens with zero attached hydrogens (tertiary/aromatic N) is 1. The van der Waals surface area contributed by atoms with Crippen LogP contribution in [0, 0.1) is 0 Å². The average molecular weight is 416 g/mol. The number of ether oxygens (including phenoxy) is 1. The van der Waals surface area contributed by atoms with Crippen molar-refractivity contribution in [3.8, 4) is 5.75 Å². The predicted molar refractivity (Wildman–Crippen MR) is 121 cm³/mol. The lowest BCUT2D eigenvalue weighted by Crippen LogP contribution is -2.52. The number of halogens is 1. The van der Waals surface area contributed by atoms with Crippen molar-refractivity contribution in [2.24, 2.45) is 0 Å². The summed E-state index contributed by atoms with van der Waals surface area (Å²) in [4.78, 5) is 12.9. The summed E-state index contributed by atoms with van der Waals surface area (Å²) < 4.78 is 6.29. The van der Waals surface area contributed by atoms with Crippen molar-refractivity contribution in [3.63, 3.8) is 0 Å². The van der Waals surface area contributed by atoms with Crippen LogP contribution in [-0.2, 0) is 11.3 Å². The van der Waals surface area contributed by atoms with E-state index in [9.17, 15) is 4.79 Å². The predicted octanol–water partition coefficient (Wildman–Crippen LogP) is 5.68. The number of hydrogen-bond acceptors (Lipinski definition) is 2. The second-order valence-corrected chi connectivity index (χ2v) is 7.84. The van der Waals surface area contributed by atoms with Crippen molar-refractivity contribution in [1.82, 2.24) is 0 Å². The number of nitrogens with one attached hydrogen (secondary N) is 1. The van der Waals surface area contributed by atoms with E-state index in [0.29, 0.717) is 18.9 Å². The van der Waals surface area contributed by atoms with E-state index in [0.717, 1.165) is 47.7 Å². The van der Waals surface area contributed by atoms with Gasteiger partial charge in [0.25, 0.3) is 5.91 Å². The van der Waals surface area contributed by atoms with Gasteiger partial charge in [-0.05, 0) is 37.1 Å². The van der Waals surface area contributed by atoms with E-state index in [1.54, 1.807) is 6.08 Å². The van der Waals surface area contributed by atoms with Crippen molar-refractivity contribution in [1.29, 1.82) is 0 Å². The summed E-state index contributed by atoms with van der Waals surface area (Å²) in [5.74, 6) is 0.730. The molecule has 29 heavy (non-hydrogen) atoms. The summed E-state index contributed by atoms with van der Waals surface area (Å²) in [5, 5.41) is 3.77. The molecule has 0 radical (unpaired) electrons. The smallest absolute Gasteiger partial charge is 0.279 e. The third-order valence-electron chi connectivity index (χ3n) is 4.79. The zero-order chi connectivity index (χ0) is 21.1. The van der Waals surface area contributed by atoms with E-state index in [4.69, 9.17) is 16.3 Å². The van der Waals surface area contributed by atoms with Gasteiger partial charge in [0.15, 0.2) is 6.54 Å². The molecule has 0 fully saturated rings. The number of hydrogen-bond donors (Lipinski definition) is 1. The number of carbonyl (C=O) groups is 1. The first-order valence-corrected chi connectivity index (χ1v) is 10.6. The molecule has 0 atom stereocenters. The summed E-state index contributed by atoms with van der Waals surface area (Å²) in [6.07, 6.45) is 3.74. The number of rotatable bonds is 12. The first-order chi connectivity index (χ1) is 14.0. The van der Waals surface area contributed by atoms with E-state index in [2.05, 4.69) is 37.9 Å². The third kappa shape index (κ3) is 7.56. The fraction of sp³-hybridized carbons (Fsp3) is 0.375. The number of benzene rings is 2. The molecule has 0 aliphatic heterocycles. The molecule has 2 aromatic rings. The van der Waals surface area contributed by atoms with Crippen LogP contribution in [0.25, 0.3) is 0 Å². The Balaban J connectivity index is 2.13. The molecular formula is C24H32ClN2O2+. The molecular weight excluding hydrogens is 384 g/mol. The second kappa shape index (κ2) is 11.6. The Morgan fingerprint density at radius 2 is 1.83 bits per heavy atom. The van der Waals surface area contributed by atoms with Gasteiger partial charge in [0.2, 0.25) is 0 Å². The minimum atomic E-state index is 0.0155. The Bertz CT molecular complexity index is 784. The van der Waals surface area contributed by atoms with Crippen LogP contribution >= 0.6 is 11.6 Å². The highest BCUT2D eigenvalue weighted by atomic mass is 35.5. The fourth-order valence-corrected chi connectivity index (χ4v) is 3.86. The van der Waals surface area contributed by atoms with E-state index in [1.165, 1.54) is 5.56 Å². The largest absolute Gasteiger partial charge is 0.489 e. The van der Waals surface area contributed by atoms with Crippen LogP contribution in [0.1, 0.15) is 32.3 Å². The van der Waals surface area contributed by atoms with E-state index < -0.39 is 0 Å². The van der Waals surface area contributed by atoms with E-state index in [1.807, 2.05) is 36.4 Å². The molecule has 0 spiro atoms. The van der Waals surface area contributed by atoms with Gasteiger partial charge in [0.05, 0.1) is 13.1 Å². The first kappa shape index (κ1) is 23.0. The van der Waals surface area contributed by atoms with Crippen molar-refractivity contribution in [3.05, 3.63) is 71.8 Å². The molecule has 0 aliphatic carbocycles. The van der Waals surface area contributed by atoms with Crippen molar-refractivity contribution in [2.75, 3.05) is 31.6 Å². The molecule has 5 heteroatoms. The van der Waals surface area contributed by atoms with Gasteiger partial charge in [0.1, 0.15) is 18.9 Å². The minimum absolute atomic E-state index is 0.0155. The molecule has 1 amide bonds. The van der Waals surface area contributed by atoms with Crippen LogP contribution in [0.3, 0.4) is 0 Å². The molecule has 0 bridgehead atoms. The zero-order valence-corrected chi connectivity index (χ0v) is 18.3. The Kier molecular flexibility index (Phi) is 9.23. The Morgan fingerprint density at radius 3 is 2.45 bits per heavy atom. The lowest BCUT2D eigenvalue weighted by Gasteiger charge is -2.38. The van der Waals surface area contributed by atoms with Crippen molar-refractivity contribution < 1.29 is 14.0 Å². The highest BCUT2D eigenvalue weighted by molar-refractivity contribution is 6.30. The van der Waals surface area contributed by atoms with Crippen LogP contribution in [0.5, 0.6) is 5.75 Å². The molecule has 2 rings (SSSR count). The van der Waals surface area contributed by atoms with Gasteiger partial charge in [0, 0.05) is 22.3 Å². The first-order valence-electron chi connectivity index (χ1n) is 10.2. The topological polar surface area (TPSA) is 38.3 Å². The lowest BCUT2D eigenvalue weighted by atomic mass is 10.1. The Labute approximate surface area is 179 Å². The molecule has 0 heterocycles. The van der Waals surface area contributed by atoms with Crippen molar-refractivity contribution in [2.45, 2.75) is 33.2 Å². The van der Waals surface area contributed by atoms with Crippen LogP contribution < -0.4 is 10.1 Å². The van der Waals surface area contributed by atoms with E-state index >= 15 is 0 Å². The fourth-order valence-electron chi connectivity index (χ4n) is 3.73. The lowest BCUT2D eigenvalue weighted by molar-refractivity contribution is -0.933. The molecule has 2 aromatic carbocycles. The molecule has 1 N–H and O–H groups in total. The second-order valence-electron chi connectivity index (χ2n) is 7.41. The van der Waals surface area contributed by atoms with Crippen LogP contribution in [0.4, 0.5) is 5.69 Å². The van der Waals surface area contributed by atoms with Crippen LogP contribution in [-0.4, -0.2) is 36.6 Å². The highest BCUT2D eigenvalue weighted by Gasteiger charge is 2.29. The zero-order valence-electron chi connectivity index (χ0n) is 17.5. The molecule has 0 saturated heterocycles. The van der Waals surface area contributed by atoms with Crippen molar-refractivity contribution >= 4 is 23.2 Å². The van der Waals surface area contributed by atoms with Gasteiger partial charge in [-0.1, -0.05) is 56.3 Å². The Hall–Kier alpha value is -2.30. The van der Waals surface area contributed by atoms with Crippen LogP contribution in [0.15, 0.2) is 61.2 Å². The van der Waals surface area contributed by atoms with Gasteiger partial charge in [-0.2, -0.15) is 0 Å². The summed E-state index contributed by atoms with van der Waals surface area (Å²) in [6.45, 7) is 11.6. The van der Waals surface area contributed by atoms with Gasteiger partial charge in [-0.15, -0.1) is 0 Å².